The lowest BCUT2D eigenvalue weighted by molar-refractivity contribution is 0.169. The quantitative estimate of drug-likeness (QED) is 0.855. The Morgan fingerprint density at radius 1 is 1.19 bits per heavy atom. The fourth-order valence-electron chi connectivity index (χ4n) is 1.88. The Morgan fingerprint density at radius 3 is 2.57 bits per heavy atom. The Morgan fingerprint density at radius 2 is 2.00 bits per heavy atom. The van der Waals surface area contributed by atoms with Crippen molar-refractivity contribution >= 4 is 0 Å². The third kappa shape index (κ3) is 3.71. The normalized spacial score (nSPS) is 12.0. The lowest BCUT2D eigenvalue weighted by Crippen LogP contribution is -1.98. The zero-order valence-corrected chi connectivity index (χ0v) is 12.1. The Labute approximate surface area is 123 Å². The molecule has 5 nitrogen and oxygen atoms in total. The van der Waals surface area contributed by atoms with Gasteiger partial charge in [-0.15, -0.1) is 0 Å². The van der Waals surface area contributed by atoms with Crippen LogP contribution in [0.2, 0.25) is 0 Å². The van der Waals surface area contributed by atoms with Crippen LogP contribution in [0.15, 0.2) is 36.5 Å². The van der Waals surface area contributed by atoms with Crippen LogP contribution < -0.4 is 9.47 Å². The van der Waals surface area contributed by atoms with Crippen LogP contribution in [-0.4, -0.2) is 22.3 Å². The number of methoxy groups -OCH3 is 1. The fraction of sp³-hybridized carbons (Fsp3) is 0.312. The van der Waals surface area contributed by atoms with Crippen LogP contribution in [0.25, 0.3) is 0 Å². The van der Waals surface area contributed by atoms with Crippen molar-refractivity contribution < 1.29 is 19.7 Å². The Bertz CT molecular complexity index is 583. The van der Waals surface area contributed by atoms with Crippen LogP contribution >= 0.6 is 0 Å². The van der Waals surface area contributed by atoms with Gasteiger partial charge in [0.2, 0.25) is 0 Å². The molecule has 1 heterocycles. The molecule has 0 saturated carbocycles. The number of ether oxygens (including phenoxy) is 2. The molecule has 0 saturated heterocycles. The van der Waals surface area contributed by atoms with Gasteiger partial charge >= 0.3 is 0 Å². The molecule has 0 spiro atoms. The first-order valence-electron chi connectivity index (χ1n) is 6.77. The summed E-state index contributed by atoms with van der Waals surface area (Å²) in [5.74, 6) is 1.64. The molecule has 21 heavy (non-hydrogen) atoms. The molecule has 2 aromatic rings. The number of hydrogen-bond acceptors (Lipinski definition) is 5. The number of pyridine rings is 1. The van der Waals surface area contributed by atoms with Crippen molar-refractivity contribution in [2.24, 2.45) is 0 Å². The predicted molar refractivity (Wildman–Crippen MR) is 78.5 cm³/mol. The standard InChI is InChI=1S/C16H19NO4/c1-3-14(19)13-6-5-12(9-17-13)21-15-7-4-11(10-18)8-16(15)20-2/h4-9,14,18-19H,3,10H2,1-2H3. The smallest absolute Gasteiger partial charge is 0.169 e. The summed E-state index contributed by atoms with van der Waals surface area (Å²) in [5, 5.41) is 18.8. The maximum Gasteiger partial charge on any atom is 0.169 e. The fourth-order valence-corrected chi connectivity index (χ4v) is 1.88. The molecule has 0 aliphatic rings. The van der Waals surface area contributed by atoms with E-state index in [1.54, 1.807) is 43.6 Å². The topological polar surface area (TPSA) is 71.8 Å². The minimum Gasteiger partial charge on any atom is -0.493 e. The second-order valence-corrected chi connectivity index (χ2v) is 4.59. The lowest BCUT2D eigenvalue weighted by Gasteiger charge is -2.12. The van der Waals surface area contributed by atoms with E-state index >= 15 is 0 Å². The van der Waals surface area contributed by atoms with Crippen LogP contribution in [0.4, 0.5) is 0 Å². The number of nitrogens with zero attached hydrogens (tertiary/aromatic N) is 1. The molecule has 1 atom stereocenters. The molecule has 0 aliphatic heterocycles. The molecule has 0 aliphatic carbocycles. The molecule has 2 N–H and O–H groups in total. The van der Waals surface area contributed by atoms with E-state index in [9.17, 15) is 5.11 Å². The summed E-state index contributed by atoms with van der Waals surface area (Å²) in [6, 6.07) is 8.70. The maximum absolute atomic E-state index is 9.70. The zero-order valence-electron chi connectivity index (χ0n) is 12.1. The molecule has 1 aromatic carbocycles. The minimum absolute atomic E-state index is 0.0538. The van der Waals surface area contributed by atoms with E-state index in [1.165, 1.54) is 0 Å². The highest BCUT2D eigenvalue weighted by molar-refractivity contribution is 5.45. The first-order chi connectivity index (χ1) is 10.2. The second kappa shape index (κ2) is 7.06. The third-order valence-corrected chi connectivity index (χ3v) is 3.13. The molecule has 1 unspecified atom stereocenters. The van der Waals surface area contributed by atoms with Gasteiger partial charge in [-0.05, 0) is 36.2 Å². The Kier molecular flexibility index (Phi) is 5.14. The Balaban J connectivity index is 2.18. The van der Waals surface area contributed by atoms with Gasteiger partial charge in [-0.1, -0.05) is 13.0 Å². The van der Waals surface area contributed by atoms with Gasteiger partial charge in [0.1, 0.15) is 5.75 Å². The summed E-state index contributed by atoms with van der Waals surface area (Å²) < 4.78 is 11.0. The van der Waals surface area contributed by atoms with Crippen molar-refractivity contribution in [1.29, 1.82) is 0 Å². The number of benzene rings is 1. The molecule has 0 fully saturated rings. The van der Waals surface area contributed by atoms with Crippen molar-refractivity contribution in [2.75, 3.05) is 7.11 Å². The molecular formula is C16H19NO4. The molecule has 2 rings (SSSR count). The number of aliphatic hydroxyl groups is 2. The highest BCUT2D eigenvalue weighted by Crippen LogP contribution is 2.32. The molecule has 1 aromatic heterocycles. The molecular weight excluding hydrogens is 270 g/mol. The third-order valence-electron chi connectivity index (χ3n) is 3.13. The van der Waals surface area contributed by atoms with E-state index in [0.29, 0.717) is 29.4 Å². The highest BCUT2D eigenvalue weighted by Gasteiger charge is 2.09. The largest absolute Gasteiger partial charge is 0.493 e. The summed E-state index contributed by atoms with van der Waals surface area (Å²) >= 11 is 0. The van der Waals surface area contributed by atoms with E-state index in [4.69, 9.17) is 14.6 Å². The van der Waals surface area contributed by atoms with Gasteiger partial charge < -0.3 is 19.7 Å². The zero-order chi connectivity index (χ0) is 15.2. The number of rotatable bonds is 6. The average molecular weight is 289 g/mol. The number of aliphatic hydroxyl groups excluding tert-OH is 2. The predicted octanol–water partition coefficient (Wildman–Crippen LogP) is 2.82. The molecule has 112 valence electrons. The van der Waals surface area contributed by atoms with Crippen molar-refractivity contribution in [3.63, 3.8) is 0 Å². The van der Waals surface area contributed by atoms with Crippen LogP contribution in [0, 0.1) is 0 Å². The van der Waals surface area contributed by atoms with Crippen molar-refractivity contribution in [1.82, 2.24) is 4.98 Å². The molecule has 5 heteroatoms. The van der Waals surface area contributed by atoms with Crippen molar-refractivity contribution in [3.05, 3.63) is 47.8 Å². The van der Waals surface area contributed by atoms with Gasteiger partial charge in [-0.3, -0.25) is 4.98 Å². The van der Waals surface area contributed by atoms with E-state index in [-0.39, 0.29) is 6.61 Å². The van der Waals surface area contributed by atoms with E-state index in [2.05, 4.69) is 4.98 Å². The summed E-state index contributed by atoms with van der Waals surface area (Å²) in [6.45, 7) is 1.84. The Hall–Kier alpha value is -2.11. The average Bonchev–Trinajstić information content (AvgIpc) is 2.55. The van der Waals surface area contributed by atoms with Crippen molar-refractivity contribution in [3.8, 4) is 17.2 Å². The highest BCUT2D eigenvalue weighted by atomic mass is 16.5. The van der Waals surface area contributed by atoms with E-state index in [0.717, 1.165) is 5.56 Å². The monoisotopic (exact) mass is 289 g/mol. The van der Waals surface area contributed by atoms with Crippen LogP contribution in [0.5, 0.6) is 17.2 Å². The van der Waals surface area contributed by atoms with Crippen molar-refractivity contribution in [2.45, 2.75) is 26.1 Å². The molecule has 0 radical (unpaired) electrons. The van der Waals surface area contributed by atoms with Crippen LogP contribution in [0.1, 0.15) is 30.7 Å². The lowest BCUT2D eigenvalue weighted by atomic mass is 10.2. The van der Waals surface area contributed by atoms with Gasteiger partial charge in [0.15, 0.2) is 11.5 Å². The minimum atomic E-state index is -0.558. The van der Waals surface area contributed by atoms with Gasteiger partial charge in [-0.2, -0.15) is 0 Å². The van der Waals surface area contributed by atoms with Crippen LogP contribution in [-0.2, 0) is 6.61 Å². The van der Waals surface area contributed by atoms with Gasteiger partial charge in [0.05, 0.1) is 31.7 Å². The number of hydrogen-bond donors (Lipinski definition) is 2. The van der Waals surface area contributed by atoms with Gasteiger partial charge in [0, 0.05) is 0 Å². The first kappa shape index (κ1) is 15.3. The van der Waals surface area contributed by atoms with Gasteiger partial charge in [-0.25, -0.2) is 0 Å². The van der Waals surface area contributed by atoms with Crippen LogP contribution in [0.3, 0.4) is 0 Å². The summed E-state index contributed by atoms with van der Waals surface area (Å²) in [5.41, 5.74) is 1.37. The van der Waals surface area contributed by atoms with Gasteiger partial charge in [0.25, 0.3) is 0 Å². The summed E-state index contributed by atoms with van der Waals surface area (Å²) in [6.07, 6.45) is 1.62. The first-order valence-corrected chi connectivity index (χ1v) is 6.77. The van der Waals surface area contributed by atoms with E-state index in [1.807, 2.05) is 6.92 Å². The maximum atomic E-state index is 9.70. The molecule has 0 amide bonds. The van der Waals surface area contributed by atoms with E-state index < -0.39 is 6.10 Å². The second-order valence-electron chi connectivity index (χ2n) is 4.59. The molecule has 0 bridgehead atoms. The summed E-state index contributed by atoms with van der Waals surface area (Å²) in [4.78, 5) is 4.18. The number of aromatic nitrogens is 1. The summed E-state index contributed by atoms with van der Waals surface area (Å²) in [7, 11) is 1.54. The SMILES string of the molecule is CCC(O)c1ccc(Oc2ccc(CO)cc2OC)cn1.